The summed E-state index contributed by atoms with van der Waals surface area (Å²) >= 11 is 0. The van der Waals surface area contributed by atoms with Gasteiger partial charge in [-0.15, -0.1) is 0 Å². The van der Waals surface area contributed by atoms with Gasteiger partial charge in [-0.1, -0.05) is 0 Å². The number of hydrogen-bond donors (Lipinski definition) is 2. The van der Waals surface area contributed by atoms with Crippen molar-refractivity contribution in [2.24, 2.45) is 11.7 Å². The minimum absolute atomic E-state index is 0.0193. The molecule has 1 saturated heterocycles. The van der Waals surface area contributed by atoms with E-state index < -0.39 is 23.9 Å². The van der Waals surface area contributed by atoms with Crippen LogP contribution in [0.3, 0.4) is 0 Å². The molecule has 2 atom stereocenters. The number of halogens is 2. The molecule has 0 spiro atoms. The number of fused-ring (bicyclic) bond motifs is 1. The molecule has 1 aliphatic heterocycles. The molecular weight excluding hydrogens is 358 g/mol. The first kappa shape index (κ1) is 18.0. The van der Waals surface area contributed by atoms with Crippen LogP contribution in [0.4, 0.5) is 14.5 Å². The Hall–Kier alpha value is -2.42. The SMILES string of the molecule is C[C@H](N)C1CCN(c2c(F)cc3c(=O)[nH]c(=O)n(C4CC4)c3c2OCF)C1. The van der Waals surface area contributed by atoms with Gasteiger partial charge in [-0.25, -0.2) is 13.6 Å². The van der Waals surface area contributed by atoms with Crippen molar-refractivity contribution in [3.05, 3.63) is 32.7 Å². The number of H-pyrrole nitrogens is 1. The van der Waals surface area contributed by atoms with Crippen LogP contribution in [-0.4, -0.2) is 35.5 Å². The quantitative estimate of drug-likeness (QED) is 0.823. The van der Waals surface area contributed by atoms with E-state index in [1.165, 1.54) is 4.57 Å². The van der Waals surface area contributed by atoms with Crippen molar-refractivity contribution in [1.82, 2.24) is 9.55 Å². The fourth-order valence-electron chi connectivity index (χ4n) is 3.93. The molecule has 4 rings (SSSR count). The summed E-state index contributed by atoms with van der Waals surface area (Å²) in [6, 6.07) is 0.940. The average Bonchev–Trinajstić information content (AvgIpc) is 3.32. The average molecular weight is 380 g/mol. The second kappa shape index (κ2) is 6.63. The van der Waals surface area contributed by atoms with E-state index in [0.29, 0.717) is 13.1 Å². The third-order valence-electron chi connectivity index (χ3n) is 5.50. The van der Waals surface area contributed by atoms with Crippen molar-refractivity contribution in [3.63, 3.8) is 0 Å². The summed E-state index contributed by atoms with van der Waals surface area (Å²) in [5.74, 6) is -0.598. The number of anilines is 1. The predicted octanol–water partition coefficient (Wildman–Crippen LogP) is 1.64. The Morgan fingerprint density at radius 2 is 2.11 bits per heavy atom. The Bertz CT molecular complexity index is 997. The number of nitrogens with zero attached hydrogens (tertiary/aromatic N) is 2. The largest absolute Gasteiger partial charge is 0.458 e. The molecule has 3 N–H and O–H groups in total. The van der Waals surface area contributed by atoms with Gasteiger partial charge < -0.3 is 15.4 Å². The minimum atomic E-state index is -1.19. The molecule has 1 aromatic carbocycles. The van der Waals surface area contributed by atoms with E-state index in [0.717, 1.165) is 25.3 Å². The second-order valence-electron chi connectivity index (χ2n) is 7.40. The van der Waals surface area contributed by atoms with Gasteiger partial charge in [0.1, 0.15) is 11.2 Å². The normalized spacial score (nSPS) is 21.0. The standard InChI is InChI=1S/C18H22F2N4O3/c1-9(21)10-4-5-23(7-10)15-13(20)6-12-14(16(15)27-8-19)24(11-2-3-11)18(26)22-17(12)25/h6,9-11H,2-5,7-8,21H2,1H3,(H,22,25,26)/t9-,10?/m0/s1. The second-order valence-corrected chi connectivity index (χ2v) is 7.40. The molecule has 0 amide bonds. The predicted molar refractivity (Wildman–Crippen MR) is 97.6 cm³/mol. The molecule has 7 nitrogen and oxygen atoms in total. The lowest BCUT2D eigenvalue weighted by Gasteiger charge is -2.25. The fourth-order valence-corrected chi connectivity index (χ4v) is 3.93. The summed E-state index contributed by atoms with van der Waals surface area (Å²) in [5.41, 5.74) is 4.91. The topological polar surface area (TPSA) is 93.4 Å². The van der Waals surface area contributed by atoms with Crippen LogP contribution >= 0.6 is 0 Å². The van der Waals surface area contributed by atoms with Gasteiger partial charge in [0.15, 0.2) is 11.6 Å². The van der Waals surface area contributed by atoms with Crippen LogP contribution < -0.4 is 26.6 Å². The van der Waals surface area contributed by atoms with Gasteiger partial charge in [0.05, 0.1) is 5.39 Å². The molecule has 1 saturated carbocycles. The summed E-state index contributed by atoms with van der Waals surface area (Å²) < 4.78 is 34.8. The molecule has 2 aromatic rings. The van der Waals surface area contributed by atoms with Crippen molar-refractivity contribution < 1.29 is 13.5 Å². The zero-order chi connectivity index (χ0) is 19.3. The van der Waals surface area contributed by atoms with Gasteiger partial charge >= 0.3 is 5.69 Å². The van der Waals surface area contributed by atoms with Crippen molar-refractivity contribution in [1.29, 1.82) is 0 Å². The molecular formula is C18H22F2N4O3. The third-order valence-corrected chi connectivity index (χ3v) is 5.50. The number of aromatic nitrogens is 2. The molecule has 146 valence electrons. The van der Waals surface area contributed by atoms with Gasteiger partial charge in [0.25, 0.3) is 5.56 Å². The lowest BCUT2D eigenvalue weighted by atomic mass is 10.0. The summed E-state index contributed by atoms with van der Waals surface area (Å²) in [4.78, 5) is 28.6. The van der Waals surface area contributed by atoms with Crippen LogP contribution in [0.2, 0.25) is 0 Å². The third kappa shape index (κ3) is 2.99. The summed E-state index contributed by atoms with van der Waals surface area (Å²) in [5, 5.41) is -0.0193. The summed E-state index contributed by atoms with van der Waals surface area (Å²) in [7, 11) is 0. The van der Waals surface area contributed by atoms with Crippen LogP contribution in [0, 0.1) is 11.7 Å². The first-order valence-corrected chi connectivity index (χ1v) is 9.12. The van der Waals surface area contributed by atoms with Crippen LogP contribution in [0.1, 0.15) is 32.2 Å². The summed E-state index contributed by atoms with van der Waals surface area (Å²) in [6.07, 6.45) is 2.30. The van der Waals surface area contributed by atoms with Crippen molar-refractivity contribution in [2.45, 2.75) is 38.3 Å². The van der Waals surface area contributed by atoms with Crippen molar-refractivity contribution in [2.75, 3.05) is 24.9 Å². The van der Waals surface area contributed by atoms with Gasteiger partial charge in [-0.3, -0.25) is 14.3 Å². The first-order chi connectivity index (χ1) is 12.9. The number of ether oxygens (including phenoxy) is 1. The number of alkyl halides is 1. The van der Waals surface area contributed by atoms with Gasteiger partial charge in [0, 0.05) is 25.2 Å². The molecule has 2 fully saturated rings. The highest BCUT2D eigenvalue weighted by molar-refractivity contribution is 5.91. The molecule has 0 radical (unpaired) electrons. The molecule has 1 aromatic heterocycles. The van der Waals surface area contributed by atoms with E-state index in [4.69, 9.17) is 10.5 Å². The molecule has 27 heavy (non-hydrogen) atoms. The Morgan fingerprint density at radius 1 is 1.37 bits per heavy atom. The number of nitrogens with one attached hydrogen (secondary N) is 1. The maximum atomic E-state index is 15.0. The lowest BCUT2D eigenvalue weighted by Crippen LogP contribution is -2.32. The van der Waals surface area contributed by atoms with E-state index in [9.17, 15) is 18.4 Å². The van der Waals surface area contributed by atoms with Crippen LogP contribution in [0.25, 0.3) is 10.9 Å². The first-order valence-electron chi connectivity index (χ1n) is 9.12. The van der Waals surface area contributed by atoms with E-state index in [2.05, 4.69) is 4.98 Å². The Morgan fingerprint density at radius 3 is 2.70 bits per heavy atom. The maximum Gasteiger partial charge on any atom is 0.329 e. The zero-order valence-corrected chi connectivity index (χ0v) is 15.0. The number of aromatic amines is 1. The molecule has 9 heteroatoms. The van der Waals surface area contributed by atoms with E-state index in [1.807, 2.05) is 6.92 Å². The summed E-state index contributed by atoms with van der Waals surface area (Å²) in [6.45, 7) is 1.74. The molecule has 1 aliphatic carbocycles. The van der Waals surface area contributed by atoms with E-state index in [1.54, 1.807) is 4.90 Å². The Balaban J connectivity index is 1.98. The van der Waals surface area contributed by atoms with Crippen LogP contribution in [-0.2, 0) is 0 Å². The highest BCUT2D eigenvalue weighted by atomic mass is 19.1. The minimum Gasteiger partial charge on any atom is -0.458 e. The van der Waals surface area contributed by atoms with Gasteiger partial charge in [0.2, 0.25) is 6.86 Å². The lowest BCUT2D eigenvalue weighted by molar-refractivity contribution is 0.193. The fraction of sp³-hybridized carbons (Fsp3) is 0.556. The van der Waals surface area contributed by atoms with Crippen LogP contribution in [0.5, 0.6) is 5.75 Å². The number of benzene rings is 1. The van der Waals surface area contributed by atoms with E-state index >= 15 is 0 Å². The molecule has 0 bridgehead atoms. The number of rotatable bonds is 5. The number of hydrogen-bond acceptors (Lipinski definition) is 5. The Kier molecular flexibility index (Phi) is 4.41. The molecule has 2 heterocycles. The van der Waals surface area contributed by atoms with E-state index in [-0.39, 0.29) is 40.3 Å². The van der Waals surface area contributed by atoms with Gasteiger partial charge in [-0.05, 0) is 38.2 Å². The number of nitrogens with two attached hydrogens (primary N) is 1. The van der Waals surface area contributed by atoms with Crippen molar-refractivity contribution in [3.8, 4) is 5.75 Å². The maximum absolute atomic E-state index is 15.0. The highest BCUT2D eigenvalue weighted by Crippen LogP contribution is 2.43. The monoisotopic (exact) mass is 380 g/mol. The smallest absolute Gasteiger partial charge is 0.329 e. The highest BCUT2D eigenvalue weighted by Gasteiger charge is 2.34. The van der Waals surface area contributed by atoms with Crippen LogP contribution in [0.15, 0.2) is 15.7 Å². The molecule has 1 unspecified atom stereocenters. The van der Waals surface area contributed by atoms with Crippen molar-refractivity contribution >= 4 is 16.6 Å². The zero-order valence-electron chi connectivity index (χ0n) is 15.0. The molecule has 2 aliphatic rings. The van der Waals surface area contributed by atoms with Gasteiger partial charge in [-0.2, -0.15) is 0 Å². The Labute approximate surface area is 153 Å².